The fourth-order valence-electron chi connectivity index (χ4n) is 4.26. The lowest BCUT2D eigenvalue weighted by Crippen LogP contribution is -2.39. The molecule has 0 saturated carbocycles. The molecule has 0 bridgehead atoms. The average molecular weight is 519 g/mol. The number of aromatic nitrogens is 1. The molecule has 37 heavy (non-hydrogen) atoms. The van der Waals surface area contributed by atoms with Gasteiger partial charge in [0.2, 0.25) is 10.0 Å². The van der Waals surface area contributed by atoms with Gasteiger partial charge in [-0.05, 0) is 69.7 Å². The summed E-state index contributed by atoms with van der Waals surface area (Å²) in [5.41, 5.74) is 8.78. The zero-order chi connectivity index (χ0) is 26.6. The van der Waals surface area contributed by atoms with Gasteiger partial charge in [0.1, 0.15) is 5.76 Å². The molecule has 0 radical (unpaired) electrons. The second kappa shape index (κ2) is 11.0. The second-order valence-electron chi connectivity index (χ2n) is 8.91. The normalized spacial score (nSPS) is 11.9. The third-order valence-electron chi connectivity index (χ3n) is 6.07. The first-order valence-corrected chi connectivity index (χ1v) is 13.3. The zero-order valence-corrected chi connectivity index (χ0v) is 22.1. The van der Waals surface area contributed by atoms with Crippen molar-refractivity contribution in [1.29, 1.82) is 0 Å². The van der Waals surface area contributed by atoms with E-state index in [0.717, 1.165) is 32.5 Å². The fraction of sp³-hybridized carbons (Fsp3) is 0.214. The standard InChI is InChI=1S/C28H30N4O4S/c1-20-12-13-27(21(2)15-20)32-22(3)16-24(23(32)4)17-29-30-28(33)19-31(18-25-9-8-14-36-25)37(34,35)26-10-6-5-7-11-26/h5-17H,18-19H2,1-4H3,(H,30,33)/b29-17+. The summed E-state index contributed by atoms with van der Waals surface area (Å²) in [7, 11) is -3.94. The van der Waals surface area contributed by atoms with E-state index < -0.39 is 22.5 Å². The van der Waals surface area contributed by atoms with Crippen LogP contribution < -0.4 is 5.43 Å². The maximum absolute atomic E-state index is 13.2. The molecule has 0 aliphatic carbocycles. The van der Waals surface area contributed by atoms with Crippen molar-refractivity contribution in [2.45, 2.75) is 39.1 Å². The third kappa shape index (κ3) is 5.90. The predicted octanol–water partition coefficient (Wildman–Crippen LogP) is 4.65. The number of sulfonamides is 1. The molecule has 2 aromatic carbocycles. The number of rotatable bonds is 9. The maximum atomic E-state index is 13.2. The lowest BCUT2D eigenvalue weighted by molar-refractivity contribution is -0.121. The Bertz CT molecular complexity index is 1520. The van der Waals surface area contributed by atoms with Crippen LogP contribution in [0.3, 0.4) is 0 Å². The molecule has 0 spiro atoms. The number of carbonyl (C=O) groups excluding carboxylic acids is 1. The van der Waals surface area contributed by atoms with Gasteiger partial charge >= 0.3 is 0 Å². The number of benzene rings is 2. The Hall–Kier alpha value is -3.95. The van der Waals surface area contributed by atoms with Crippen LogP contribution in [0.25, 0.3) is 5.69 Å². The van der Waals surface area contributed by atoms with E-state index in [4.69, 9.17) is 4.42 Å². The molecule has 4 rings (SSSR count). The highest BCUT2D eigenvalue weighted by Gasteiger charge is 2.27. The Morgan fingerprint density at radius 1 is 1.03 bits per heavy atom. The highest BCUT2D eigenvalue weighted by Crippen LogP contribution is 2.23. The van der Waals surface area contributed by atoms with Crippen LogP contribution in [0.4, 0.5) is 0 Å². The van der Waals surface area contributed by atoms with Gasteiger partial charge in [0, 0.05) is 22.6 Å². The Kier molecular flexibility index (Phi) is 7.75. The summed E-state index contributed by atoms with van der Waals surface area (Å²) in [6.45, 7) is 7.65. The Labute approximate surface area is 217 Å². The first kappa shape index (κ1) is 26.1. The number of carbonyl (C=O) groups is 1. The number of hydrogen-bond acceptors (Lipinski definition) is 5. The van der Waals surface area contributed by atoms with Gasteiger partial charge < -0.3 is 8.98 Å². The average Bonchev–Trinajstić information content (AvgIpc) is 3.47. The Morgan fingerprint density at radius 3 is 2.46 bits per heavy atom. The van der Waals surface area contributed by atoms with E-state index in [2.05, 4.69) is 47.1 Å². The summed E-state index contributed by atoms with van der Waals surface area (Å²) >= 11 is 0. The van der Waals surface area contributed by atoms with Gasteiger partial charge in [0.25, 0.3) is 5.91 Å². The van der Waals surface area contributed by atoms with Crippen molar-refractivity contribution in [3.63, 3.8) is 0 Å². The third-order valence-corrected chi connectivity index (χ3v) is 7.88. The molecule has 2 aromatic heterocycles. The Balaban J connectivity index is 1.50. The van der Waals surface area contributed by atoms with Crippen molar-refractivity contribution in [3.8, 4) is 5.69 Å². The molecule has 192 valence electrons. The van der Waals surface area contributed by atoms with Crippen molar-refractivity contribution in [1.82, 2.24) is 14.3 Å². The van der Waals surface area contributed by atoms with Gasteiger partial charge in [0.05, 0.1) is 30.5 Å². The molecule has 2 heterocycles. The molecule has 0 fully saturated rings. The number of aryl methyl sites for hydroxylation is 3. The van der Waals surface area contributed by atoms with Crippen molar-refractivity contribution in [3.05, 3.63) is 107 Å². The molecule has 8 nitrogen and oxygen atoms in total. The van der Waals surface area contributed by atoms with Crippen LogP contribution in [0.2, 0.25) is 0 Å². The maximum Gasteiger partial charge on any atom is 0.255 e. The van der Waals surface area contributed by atoms with Gasteiger partial charge in [-0.1, -0.05) is 35.9 Å². The number of amides is 1. The van der Waals surface area contributed by atoms with Gasteiger partial charge in [-0.3, -0.25) is 4.79 Å². The number of nitrogens with one attached hydrogen (secondary N) is 1. The van der Waals surface area contributed by atoms with E-state index in [9.17, 15) is 13.2 Å². The number of hydrogen-bond donors (Lipinski definition) is 1. The van der Waals surface area contributed by atoms with Crippen LogP contribution in [-0.4, -0.2) is 36.0 Å². The van der Waals surface area contributed by atoms with Crippen LogP contribution >= 0.6 is 0 Å². The molecule has 0 atom stereocenters. The van der Waals surface area contributed by atoms with E-state index in [0.29, 0.717) is 5.76 Å². The molecule has 1 N–H and O–H groups in total. The minimum atomic E-state index is -3.94. The summed E-state index contributed by atoms with van der Waals surface area (Å²) in [5, 5.41) is 4.11. The summed E-state index contributed by atoms with van der Waals surface area (Å²) < 4.78 is 35.0. The Morgan fingerprint density at radius 2 is 1.78 bits per heavy atom. The van der Waals surface area contributed by atoms with E-state index in [1.807, 2.05) is 19.9 Å². The lowest BCUT2D eigenvalue weighted by Gasteiger charge is -2.20. The van der Waals surface area contributed by atoms with Crippen molar-refractivity contribution < 1.29 is 17.6 Å². The van der Waals surface area contributed by atoms with Gasteiger partial charge in [-0.25, -0.2) is 13.8 Å². The largest absolute Gasteiger partial charge is 0.468 e. The molecule has 9 heteroatoms. The predicted molar refractivity (Wildman–Crippen MR) is 143 cm³/mol. The number of hydrazone groups is 1. The first-order valence-electron chi connectivity index (χ1n) is 11.8. The van der Waals surface area contributed by atoms with Crippen molar-refractivity contribution >= 4 is 22.1 Å². The minimum absolute atomic E-state index is 0.0849. The molecule has 4 aromatic rings. The zero-order valence-electron chi connectivity index (χ0n) is 21.3. The van der Waals surface area contributed by atoms with E-state index in [1.165, 1.54) is 24.0 Å². The highest BCUT2D eigenvalue weighted by atomic mass is 32.2. The molecule has 0 unspecified atom stereocenters. The van der Waals surface area contributed by atoms with Gasteiger partial charge in [0.15, 0.2) is 0 Å². The fourth-order valence-corrected chi connectivity index (χ4v) is 5.64. The molecular formula is C28H30N4O4S. The molecular weight excluding hydrogens is 488 g/mol. The van der Waals surface area contributed by atoms with Crippen LogP contribution in [0.1, 0.15) is 33.8 Å². The highest BCUT2D eigenvalue weighted by molar-refractivity contribution is 7.89. The van der Waals surface area contributed by atoms with Crippen LogP contribution in [-0.2, 0) is 21.4 Å². The summed E-state index contributed by atoms with van der Waals surface area (Å²) in [6.07, 6.45) is 3.03. The minimum Gasteiger partial charge on any atom is -0.468 e. The molecule has 0 aliphatic rings. The monoisotopic (exact) mass is 518 g/mol. The number of nitrogens with zero attached hydrogens (tertiary/aromatic N) is 3. The topological polar surface area (TPSA) is 96.9 Å². The first-order chi connectivity index (χ1) is 17.7. The van der Waals surface area contributed by atoms with Crippen LogP contribution in [0, 0.1) is 27.7 Å². The van der Waals surface area contributed by atoms with Crippen molar-refractivity contribution in [2.24, 2.45) is 5.10 Å². The van der Waals surface area contributed by atoms with Crippen LogP contribution in [0.15, 0.2) is 87.4 Å². The summed E-state index contributed by atoms with van der Waals surface area (Å²) in [6, 6.07) is 19.6. The van der Waals surface area contributed by atoms with Crippen LogP contribution in [0.5, 0.6) is 0 Å². The second-order valence-corrected chi connectivity index (χ2v) is 10.8. The van der Waals surface area contributed by atoms with Crippen molar-refractivity contribution in [2.75, 3.05) is 6.54 Å². The molecule has 0 aliphatic heterocycles. The smallest absolute Gasteiger partial charge is 0.255 e. The van der Waals surface area contributed by atoms with Gasteiger partial charge in [-0.2, -0.15) is 9.41 Å². The SMILES string of the molecule is Cc1ccc(-n2c(C)cc(/C=N/NC(=O)CN(Cc3ccco3)S(=O)(=O)c3ccccc3)c2C)c(C)c1. The number of furan rings is 1. The van der Waals surface area contributed by atoms with E-state index >= 15 is 0 Å². The summed E-state index contributed by atoms with van der Waals surface area (Å²) in [5.74, 6) is -0.139. The van der Waals surface area contributed by atoms with E-state index in [-0.39, 0.29) is 11.4 Å². The lowest BCUT2D eigenvalue weighted by atomic mass is 10.1. The molecule has 1 amide bonds. The van der Waals surface area contributed by atoms with Gasteiger partial charge in [-0.15, -0.1) is 0 Å². The quantitative estimate of drug-likeness (QED) is 0.258. The summed E-state index contributed by atoms with van der Waals surface area (Å²) in [4.78, 5) is 12.8. The van der Waals surface area contributed by atoms with E-state index in [1.54, 1.807) is 36.5 Å². The molecule has 0 saturated heterocycles.